The van der Waals surface area contributed by atoms with E-state index >= 15 is 0 Å². The molecule has 0 aromatic rings. The monoisotopic (exact) mass is 584 g/mol. The molecule has 0 aromatic heterocycles. The van der Waals surface area contributed by atoms with Crippen LogP contribution < -0.4 is 0 Å². The van der Waals surface area contributed by atoms with Crippen molar-refractivity contribution in [3.05, 3.63) is 0 Å². The summed E-state index contributed by atoms with van der Waals surface area (Å²) in [6.45, 7) is 5.97. The van der Waals surface area contributed by atoms with Crippen molar-refractivity contribution >= 4 is 31.8 Å². The largest absolute Gasteiger partial charge is 0.474 e. The maximum atomic E-state index is 13.2. The summed E-state index contributed by atoms with van der Waals surface area (Å²) >= 11 is 0. The molecular weight excluding hydrogens is 545 g/mol. The highest BCUT2D eigenvalue weighted by atomic mass is 31.2. The van der Waals surface area contributed by atoms with E-state index in [0.29, 0.717) is 6.42 Å². The van der Waals surface area contributed by atoms with E-state index < -0.39 is 59.7 Å². The highest BCUT2D eigenvalue weighted by Crippen LogP contribution is 2.56. The molecule has 0 spiro atoms. The van der Waals surface area contributed by atoms with E-state index in [1.165, 1.54) is 0 Å². The predicted octanol–water partition coefficient (Wildman–Crippen LogP) is 2.46. The van der Waals surface area contributed by atoms with Gasteiger partial charge in [0.2, 0.25) is 0 Å². The highest BCUT2D eigenvalue weighted by molar-refractivity contribution is 7.48. The van der Waals surface area contributed by atoms with Gasteiger partial charge in [0, 0.05) is 19.0 Å². The van der Waals surface area contributed by atoms with E-state index in [0.717, 1.165) is 7.11 Å². The molecule has 4 unspecified atom stereocenters. The van der Waals surface area contributed by atoms with Crippen LogP contribution in [-0.2, 0) is 41.0 Å². The summed E-state index contributed by atoms with van der Waals surface area (Å²) < 4.78 is 64.1. The highest BCUT2D eigenvalue weighted by Gasteiger charge is 2.51. The van der Waals surface area contributed by atoms with Crippen LogP contribution in [0.4, 0.5) is 0 Å². The molecule has 13 nitrogen and oxygen atoms in total. The van der Waals surface area contributed by atoms with Gasteiger partial charge in [-0.25, -0.2) is 9.13 Å². The van der Waals surface area contributed by atoms with Crippen LogP contribution >= 0.6 is 15.6 Å². The van der Waals surface area contributed by atoms with Crippen LogP contribution in [0.5, 0.6) is 0 Å². The van der Waals surface area contributed by atoms with Gasteiger partial charge in [0.15, 0.2) is 8.32 Å². The van der Waals surface area contributed by atoms with Gasteiger partial charge in [-0.2, -0.15) is 10.5 Å². The van der Waals surface area contributed by atoms with E-state index in [1.807, 2.05) is 39.1 Å². The Morgan fingerprint density at radius 2 is 1.57 bits per heavy atom. The zero-order valence-electron chi connectivity index (χ0n) is 22.3. The van der Waals surface area contributed by atoms with Gasteiger partial charge in [-0.1, -0.05) is 13.8 Å². The second kappa shape index (κ2) is 15.2. The number of aliphatic hydroxyl groups excluding tert-OH is 1. The lowest BCUT2D eigenvalue weighted by Gasteiger charge is -2.39. The van der Waals surface area contributed by atoms with Crippen LogP contribution in [0.1, 0.15) is 33.1 Å². The Morgan fingerprint density at radius 3 is 2.05 bits per heavy atom. The summed E-state index contributed by atoms with van der Waals surface area (Å²) in [5, 5.41) is 26.1. The maximum Gasteiger partial charge on any atom is 0.474 e. The lowest BCUT2D eigenvalue weighted by Crippen LogP contribution is -2.43. The molecule has 17 heteroatoms. The first-order valence-corrected chi connectivity index (χ1v) is 17.8. The minimum atomic E-state index is -4.18. The molecule has 2 N–H and O–H groups in total. The molecule has 0 bridgehead atoms. The number of phosphoric acid groups is 2. The second-order valence-corrected chi connectivity index (χ2v) is 17.5. The third-order valence-corrected chi connectivity index (χ3v) is 12.7. The lowest BCUT2D eigenvalue weighted by atomic mass is 9.79. The van der Waals surface area contributed by atoms with Crippen LogP contribution in [0.25, 0.3) is 0 Å². The molecule has 0 aromatic carbocycles. The van der Waals surface area contributed by atoms with Gasteiger partial charge in [0.25, 0.3) is 0 Å². The van der Waals surface area contributed by atoms with Crippen molar-refractivity contribution in [3.8, 4) is 12.1 Å². The van der Waals surface area contributed by atoms with Crippen molar-refractivity contribution in [1.29, 1.82) is 10.5 Å². The molecule has 1 aliphatic heterocycles. The number of nitriles is 2. The number of nitrogens with zero attached hydrogens (tertiary/aromatic N) is 2. The first kappa shape index (κ1) is 34.4. The van der Waals surface area contributed by atoms with E-state index in [-0.39, 0.29) is 39.3 Å². The van der Waals surface area contributed by atoms with Crippen LogP contribution in [-0.4, -0.2) is 84.4 Å². The average molecular weight is 584 g/mol. The predicted molar refractivity (Wildman–Crippen MR) is 138 cm³/mol. The van der Waals surface area contributed by atoms with Crippen LogP contribution in [0, 0.1) is 28.6 Å². The van der Waals surface area contributed by atoms with Gasteiger partial charge in [0.05, 0.1) is 58.0 Å². The number of aliphatic hydroxyl groups is 1. The number of hydrogen-bond donors (Lipinski definition) is 2. The molecule has 6 atom stereocenters. The smallest absolute Gasteiger partial charge is 0.432 e. The quantitative estimate of drug-likeness (QED) is 0.136. The molecule has 1 heterocycles. The molecule has 0 saturated carbocycles. The van der Waals surface area contributed by atoms with E-state index in [2.05, 4.69) is 0 Å². The molecule has 1 fully saturated rings. The number of ether oxygens (including phenoxy) is 1. The van der Waals surface area contributed by atoms with Crippen molar-refractivity contribution in [2.24, 2.45) is 5.92 Å². The van der Waals surface area contributed by atoms with Crippen molar-refractivity contribution in [2.75, 3.05) is 40.1 Å². The van der Waals surface area contributed by atoms with Gasteiger partial charge < -0.3 is 14.6 Å². The van der Waals surface area contributed by atoms with Gasteiger partial charge in [0.1, 0.15) is 20.1 Å². The molecule has 0 aliphatic carbocycles. The fourth-order valence-electron chi connectivity index (χ4n) is 3.51. The zero-order valence-corrected chi connectivity index (χ0v) is 25.1. The minimum absolute atomic E-state index is 0.0347. The third-order valence-electron chi connectivity index (χ3n) is 6.32. The maximum absolute atomic E-state index is 13.2. The van der Waals surface area contributed by atoms with E-state index in [1.54, 1.807) is 7.85 Å². The standard InChI is InChI=1S/C20H39BN2O11P2Si/c1-20(2,37(4,5)27)14-16-18(34-35(25,28-3)29-11-6-8-22)17(33-19(16)21)15-32-36(26,31-13-10-24)30-12-7-9-23/h16-19,24,27H,6-7,10-15,21H2,1-5H3/t16?,17-,18?,19-,35?,36?/m1/s1. The number of phosphoric ester groups is 2. The first-order chi connectivity index (χ1) is 17.2. The molecular formula is C20H39BN2O11P2Si. The Balaban J connectivity index is 3.22. The second-order valence-electron chi connectivity index (χ2n) is 9.67. The Morgan fingerprint density at radius 1 is 1.03 bits per heavy atom. The molecule has 0 radical (unpaired) electrons. The summed E-state index contributed by atoms with van der Waals surface area (Å²) in [5.74, 6) is -0.400. The van der Waals surface area contributed by atoms with Crippen LogP contribution in [0.2, 0.25) is 18.1 Å². The minimum Gasteiger partial charge on any atom is -0.432 e. The van der Waals surface area contributed by atoms with Gasteiger partial charge in [-0.3, -0.25) is 27.1 Å². The Labute approximate surface area is 221 Å². The topological polar surface area (TPSA) is 187 Å². The SMILES string of the molecule is B[C@@H]1O[C@H](COP(=O)(OCCO)OCCC#N)C(OP(=O)(OC)OCCC#N)C1CC(C)(C)[Si](C)(C)O. The molecule has 1 rings (SSSR count). The molecule has 212 valence electrons. The summed E-state index contributed by atoms with van der Waals surface area (Å²) in [7, 11) is -8.01. The summed E-state index contributed by atoms with van der Waals surface area (Å²) in [6, 6.07) is 3.29. The Kier molecular flexibility index (Phi) is 14.2. The first-order valence-electron chi connectivity index (χ1n) is 11.9. The van der Waals surface area contributed by atoms with Gasteiger partial charge in [-0.15, -0.1) is 0 Å². The van der Waals surface area contributed by atoms with Crippen LogP contribution in [0.3, 0.4) is 0 Å². The van der Waals surface area contributed by atoms with Crippen molar-refractivity contribution in [1.82, 2.24) is 0 Å². The summed E-state index contributed by atoms with van der Waals surface area (Å²) in [6.07, 6.45) is -1.53. The summed E-state index contributed by atoms with van der Waals surface area (Å²) in [4.78, 5) is 10.8. The number of rotatable bonds is 18. The van der Waals surface area contributed by atoms with Gasteiger partial charge >= 0.3 is 15.6 Å². The normalized spacial score (nSPS) is 25.6. The average Bonchev–Trinajstić information content (AvgIpc) is 3.09. The lowest BCUT2D eigenvalue weighted by molar-refractivity contribution is -0.0166. The molecule has 0 amide bonds. The Bertz CT molecular complexity index is 893. The van der Waals surface area contributed by atoms with Gasteiger partial charge in [-0.05, 0) is 24.6 Å². The number of hydrogen-bond acceptors (Lipinski definition) is 13. The fourth-order valence-corrected chi connectivity index (χ4v) is 6.57. The van der Waals surface area contributed by atoms with Crippen molar-refractivity contribution in [2.45, 2.75) is 69.5 Å². The fraction of sp³-hybridized carbons (Fsp3) is 0.900. The van der Waals surface area contributed by atoms with E-state index in [4.69, 9.17) is 47.5 Å². The summed E-state index contributed by atoms with van der Waals surface area (Å²) in [5.41, 5.74) is 0. The van der Waals surface area contributed by atoms with Crippen molar-refractivity contribution < 1.29 is 50.9 Å². The zero-order chi connectivity index (χ0) is 28.3. The Hall–Kier alpha value is -0.638. The van der Waals surface area contributed by atoms with E-state index in [9.17, 15) is 13.9 Å². The molecule has 37 heavy (non-hydrogen) atoms. The molecule has 1 saturated heterocycles. The third kappa shape index (κ3) is 10.8. The van der Waals surface area contributed by atoms with Crippen LogP contribution in [0.15, 0.2) is 0 Å². The molecule has 1 aliphatic rings. The van der Waals surface area contributed by atoms with Crippen molar-refractivity contribution in [3.63, 3.8) is 0 Å².